The summed E-state index contributed by atoms with van der Waals surface area (Å²) in [6, 6.07) is 14.0. The third-order valence-corrected chi connectivity index (χ3v) is 3.72. The largest absolute Gasteiger partial charge is 0.452 e. The van der Waals surface area contributed by atoms with Crippen LogP contribution in [-0.2, 0) is 19.6 Å². The highest BCUT2D eigenvalue weighted by molar-refractivity contribution is 7.92. The lowest BCUT2D eigenvalue weighted by Crippen LogP contribution is -2.43. The minimum atomic E-state index is -3.59. The second-order valence-electron chi connectivity index (χ2n) is 5.36. The van der Waals surface area contributed by atoms with E-state index in [-0.39, 0.29) is 11.3 Å². The van der Waals surface area contributed by atoms with Crippen LogP contribution in [0.4, 0.5) is 5.69 Å². The van der Waals surface area contributed by atoms with Gasteiger partial charge in [0.05, 0.1) is 17.5 Å². The summed E-state index contributed by atoms with van der Waals surface area (Å²) >= 11 is 0. The highest BCUT2D eigenvalue weighted by Gasteiger charge is 2.16. The number of carbonyl (C=O) groups is 3. The van der Waals surface area contributed by atoms with E-state index in [1.54, 1.807) is 30.3 Å². The molecule has 142 valence electrons. The van der Waals surface area contributed by atoms with E-state index in [0.29, 0.717) is 5.56 Å². The molecule has 0 bridgehead atoms. The number of nitrogens with one attached hydrogen (secondary N) is 3. The Morgan fingerprint density at radius 2 is 1.56 bits per heavy atom. The Hall–Kier alpha value is -3.40. The van der Waals surface area contributed by atoms with Crippen LogP contribution in [-0.4, -0.2) is 39.1 Å². The topological polar surface area (TPSA) is 131 Å². The van der Waals surface area contributed by atoms with E-state index in [2.05, 4.69) is 15.6 Å². The number of benzene rings is 2. The maximum Gasteiger partial charge on any atom is 0.340 e. The SMILES string of the molecule is CS(=O)(=O)Nc1ccccc1C(=O)OCC(=O)NNC(=O)c1ccccc1. The molecule has 0 fully saturated rings. The van der Waals surface area contributed by atoms with Crippen LogP contribution in [0.25, 0.3) is 0 Å². The van der Waals surface area contributed by atoms with Crippen molar-refractivity contribution >= 4 is 33.5 Å². The van der Waals surface area contributed by atoms with Crippen LogP contribution in [0.3, 0.4) is 0 Å². The second kappa shape index (κ2) is 8.81. The Balaban J connectivity index is 1.88. The summed E-state index contributed by atoms with van der Waals surface area (Å²) in [4.78, 5) is 35.6. The Bertz CT molecular complexity index is 944. The highest BCUT2D eigenvalue weighted by atomic mass is 32.2. The molecule has 0 radical (unpaired) electrons. The number of hydrazine groups is 1. The van der Waals surface area contributed by atoms with Crippen LogP contribution in [0.1, 0.15) is 20.7 Å². The van der Waals surface area contributed by atoms with Crippen LogP contribution in [0.2, 0.25) is 0 Å². The van der Waals surface area contributed by atoms with E-state index >= 15 is 0 Å². The van der Waals surface area contributed by atoms with Gasteiger partial charge in [-0.25, -0.2) is 13.2 Å². The highest BCUT2D eigenvalue weighted by Crippen LogP contribution is 2.17. The molecular formula is C17H17N3O6S. The Morgan fingerprint density at radius 3 is 2.22 bits per heavy atom. The summed E-state index contributed by atoms with van der Waals surface area (Å²) < 4.78 is 29.7. The fraction of sp³-hybridized carbons (Fsp3) is 0.118. The lowest BCUT2D eigenvalue weighted by atomic mass is 10.2. The van der Waals surface area contributed by atoms with Gasteiger partial charge in [0, 0.05) is 5.56 Å². The second-order valence-corrected chi connectivity index (χ2v) is 7.11. The number of hydrogen-bond acceptors (Lipinski definition) is 6. The maximum absolute atomic E-state index is 12.1. The quantitative estimate of drug-likeness (QED) is 0.490. The van der Waals surface area contributed by atoms with Gasteiger partial charge in [-0.3, -0.25) is 25.2 Å². The molecule has 3 N–H and O–H groups in total. The number of hydrogen-bond donors (Lipinski definition) is 3. The number of anilines is 1. The standard InChI is InChI=1S/C17H17N3O6S/c1-27(24,25)20-14-10-6-5-9-13(14)17(23)26-11-15(21)18-19-16(22)12-7-3-2-4-8-12/h2-10,20H,11H2,1H3,(H,18,21)(H,19,22). The normalized spacial score (nSPS) is 10.6. The van der Waals surface area contributed by atoms with Gasteiger partial charge in [0.2, 0.25) is 10.0 Å². The number of ether oxygens (including phenoxy) is 1. The fourth-order valence-electron chi connectivity index (χ4n) is 1.98. The van der Waals surface area contributed by atoms with Crippen LogP contribution in [0.15, 0.2) is 54.6 Å². The van der Waals surface area contributed by atoms with E-state index in [4.69, 9.17) is 4.74 Å². The first kappa shape index (κ1) is 19.9. The molecule has 0 spiro atoms. The average Bonchev–Trinajstić information content (AvgIpc) is 2.64. The number of rotatable bonds is 6. The van der Waals surface area contributed by atoms with Crippen molar-refractivity contribution in [1.29, 1.82) is 0 Å². The van der Waals surface area contributed by atoms with Crippen molar-refractivity contribution in [3.8, 4) is 0 Å². The molecule has 27 heavy (non-hydrogen) atoms. The van der Waals surface area contributed by atoms with Gasteiger partial charge in [-0.05, 0) is 24.3 Å². The van der Waals surface area contributed by atoms with Crippen molar-refractivity contribution < 1.29 is 27.5 Å². The molecule has 0 saturated heterocycles. The Morgan fingerprint density at radius 1 is 0.926 bits per heavy atom. The third-order valence-electron chi connectivity index (χ3n) is 3.13. The zero-order valence-corrected chi connectivity index (χ0v) is 15.1. The summed E-state index contributed by atoms with van der Waals surface area (Å²) in [7, 11) is -3.59. The summed E-state index contributed by atoms with van der Waals surface area (Å²) in [5.74, 6) is -2.19. The van der Waals surface area contributed by atoms with Crippen molar-refractivity contribution in [3.05, 3.63) is 65.7 Å². The number of amides is 2. The number of para-hydroxylation sites is 1. The Labute approximate surface area is 155 Å². The van der Waals surface area contributed by atoms with Crippen LogP contribution in [0, 0.1) is 0 Å². The van der Waals surface area contributed by atoms with Crippen molar-refractivity contribution in [2.45, 2.75) is 0 Å². The molecule has 0 aliphatic rings. The minimum absolute atomic E-state index is 0.0304. The van der Waals surface area contributed by atoms with Gasteiger partial charge in [0.1, 0.15) is 0 Å². The fourth-order valence-corrected chi connectivity index (χ4v) is 2.56. The molecule has 9 nitrogen and oxygen atoms in total. The van der Waals surface area contributed by atoms with Gasteiger partial charge in [0.25, 0.3) is 11.8 Å². The first-order chi connectivity index (χ1) is 12.8. The first-order valence-corrected chi connectivity index (χ1v) is 9.53. The number of sulfonamides is 1. The van der Waals surface area contributed by atoms with Gasteiger partial charge in [-0.15, -0.1) is 0 Å². The molecule has 0 saturated carbocycles. The molecule has 2 aromatic carbocycles. The minimum Gasteiger partial charge on any atom is -0.452 e. The summed E-state index contributed by atoms with van der Waals surface area (Å²) in [6.07, 6.45) is 0.942. The predicted octanol–water partition coefficient (Wildman–Crippen LogP) is 0.676. The van der Waals surface area contributed by atoms with Crippen LogP contribution < -0.4 is 15.6 Å². The monoisotopic (exact) mass is 391 g/mol. The van der Waals surface area contributed by atoms with Gasteiger partial charge < -0.3 is 4.74 Å². The first-order valence-electron chi connectivity index (χ1n) is 7.64. The van der Waals surface area contributed by atoms with Crippen molar-refractivity contribution in [1.82, 2.24) is 10.9 Å². The molecule has 2 aromatic rings. The average molecular weight is 391 g/mol. The van der Waals surface area contributed by atoms with E-state index in [1.165, 1.54) is 24.3 Å². The van der Waals surface area contributed by atoms with E-state index < -0.39 is 34.4 Å². The van der Waals surface area contributed by atoms with Gasteiger partial charge >= 0.3 is 5.97 Å². The lowest BCUT2D eigenvalue weighted by molar-refractivity contribution is -0.125. The molecule has 2 amide bonds. The van der Waals surface area contributed by atoms with Crippen LogP contribution in [0.5, 0.6) is 0 Å². The van der Waals surface area contributed by atoms with Gasteiger partial charge in [0.15, 0.2) is 6.61 Å². The summed E-state index contributed by atoms with van der Waals surface area (Å²) in [5.41, 5.74) is 4.62. The molecule has 0 aromatic heterocycles. The molecule has 10 heteroatoms. The third kappa shape index (κ3) is 6.44. The summed E-state index contributed by atoms with van der Waals surface area (Å²) in [6.45, 7) is -0.666. The van der Waals surface area contributed by atoms with Gasteiger partial charge in [-0.2, -0.15) is 0 Å². The zero-order chi connectivity index (χ0) is 19.9. The maximum atomic E-state index is 12.1. The number of esters is 1. The lowest BCUT2D eigenvalue weighted by Gasteiger charge is -2.11. The molecule has 0 aliphatic heterocycles. The van der Waals surface area contributed by atoms with Crippen molar-refractivity contribution in [2.75, 3.05) is 17.6 Å². The summed E-state index contributed by atoms with van der Waals surface area (Å²) in [5, 5.41) is 0. The smallest absolute Gasteiger partial charge is 0.340 e. The van der Waals surface area contributed by atoms with E-state index in [1.807, 2.05) is 0 Å². The molecule has 0 heterocycles. The molecule has 2 rings (SSSR count). The van der Waals surface area contributed by atoms with E-state index in [0.717, 1.165) is 6.26 Å². The number of carbonyl (C=O) groups excluding carboxylic acids is 3. The Kier molecular flexibility index (Phi) is 6.50. The van der Waals surface area contributed by atoms with Crippen molar-refractivity contribution in [3.63, 3.8) is 0 Å². The predicted molar refractivity (Wildman–Crippen MR) is 97.2 cm³/mol. The van der Waals surface area contributed by atoms with E-state index in [9.17, 15) is 22.8 Å². The van der Waals surface area contributed by atoms with Crippen molar-refractivity contribution in [2.24, 2.45) is 0 Å². The van der Waals surface area contributed by atoms with Crippen LogP contribution >= 0.6 is 0 Å². The molecule has 0 unspecified atom stereocenters. The molecule has 0 aliphatic carbocycles. The molecule has 0 atom stereocenters. The molecular weight excluding hydrogens is 374 g/mol. The zero-order valence-electron chi connectivity index (χ0n) is 14.3. The van der Waals surface area contributed by atoms with Gasteiger partial charge in [-0.1, -0.05) is 30.3 Å².